The van der Waals surface area contributed by atoms with Crippen LogP contribution in [0.2, 0.25) is 0 Å². The summed E-state index contributed by atoms with van der Waals surface area (Å²) in [6.45, 7) is 3.98. The number of anilines is 1. The molecule has 0 atom stereocenters. The molecule has 100 valence electrons. The fraction of sp³-hybridized carbons (Fsp3) is 0.308. The molecule has 1 aromatic heterocycles. The molecule has 0 saturated heterocycles. The fourth-order valence-corrected chi connectivity index (χ4v) is 2.03. The second kappa shape index (κ2) is 5.97. The quantitative estimate of drug-likeness (QED) is 0.908. The minimum absolute atomic E-state index is 0.169. The normalized spacial score (nSPS) is 10.5. The number of aryl methyl sites for hydroxylation is 1. The summed E-state index contributed by atoms with van der Waals surface area (Å²) in [4.78, 5) is 16.2. The zero-order valence-electron chi connectivity index (χ0n) is 10.8. The van der Waals surface area contributed by atoms with Crippen LogP contribution in [0.25, 0.3) is 0 Å². The van der Waals surface area contributed by atoms with Crippen LogP contribution in [-0.4, -0.2) is 21.1 Å². The van der Waals surface area contributed by atoms with E-state index in [1.807, 2.05) is 32.0 Å². The summed E-state index contributed by atoms with van der Waals surface area (Å²) in [6.07, 6.45) is 1.75. The van der Waals surface area contributed by atoms with Crippen molar-refractivity contribution in [1.29, 1.82) is 0 Å². The van der Waals surface area contributed by atoms with E-state index in [4.69, 9.17) is 0 Å². The van der Waals surface area contributed by atoms with Crippen LogP contribution < -0.4 is 5.32 Å². The number of carbonyl (C=O) groups is 1. The summed E-state index contributed by atoms with van der Waals surface area (Å²) in [6, 6.07) is 5.64. The van der Waals surface area contributed by atoms with Crippen LogP contribution in [0.5, 0.6) is 0 Å². The lowest BCUT2D eigenvalue weighted by molar-refractivity contribution is 0.101. The molecule has 0 saturated carbocycles. The highest BCUT2D eigenvalue weighted by atomic mass is 79.9. The molecule has 6 heteroatoms. The first-order chi connectivity index (χ1) is 9.11. The standard InChI is InChI=1S/C13H15BrN4O/c1-3-5-11-16-12(18-17-11)13(19)15-10-7-4-6-9(14)8(10)2/h4,6-7H,3,5H2,1-2H3,(H,15,19)(H,16,17,18). The number of hydrogen-bond donors (Lipinski definition) is 2. The Morgan fingerprint density at radius 2 is 2.26 bits per heavy atom. The minimum atomic E-state index is -0.306. The molecule has 2 aromatic rings. The molecule has 0 spiro atoms. The first-order valence-electron chi connectivity index (χ1n) is 6.09. The average molecular weight is 323 g/mol. The Bertz CT molecular complexity index is 594. The van der Waals surface area contributed by atoms with Gasteiger partial charge in [-0.25, -0.2) is 4.98 Å². The predicted molar refractivity (Wildman–Crippen MR) is 77.2 cm³/mol. The van der Waals surface area contributed by atoms with Gasteiger partial charge in [0, 0.05) is 16.6 Å². The van der Waals surface area contributed by atoms with E-state index in [0.29, 0.717) is 0 Å². The molecule has 1 amide bonds. The van der Waals surface area contributed by atoms with Crippen molar-refractivity contribution in [3.05, 3.63) is 39.9 Å². The molecule has 2 N–H and O–H groups in total. The highest BCUT2D eigenvalue weighted by Crippen LogP contribution is 2.23. The van der Waals surface area contributed by atoms with Crippen molar-refractivity contribution < 1.29 is 4.79 Å². The molecule has 19 heavy (non-hydrogen) atoms. The second-order valence-corrected chi connectivity index (χ2v) is 5.08. The van der Waals surface area contributed by atoms with Gasteiger partial charge in [0.05, 0.1) is 0 Å². The van der Waals surface area contributed by atoms with Crippen LogP contribution in [0.15, 0.2) is 22.7 Å². The van der Waals surface area contributed by atoms with Gasteiger partial charge in [0.25, 0.3) is 5.91 Å². The summed E-state index contributed by atoms with van der Waals surface area (Å²) in [7, 11) is 0. The molecule has 1 aromatic carbocycles. The van der Waals surface area contributed by atoms with Gasteiger partial charge in [0.2, 0.25) is 5.82 Å². The van der Waals surface area contributed by atoms with Crippen LogP contribution in [-0.2, 0) is 6.42 Å². The SMILES string of the molecule is CCCc1nc(C(=O)Nc2cccc(Br)c2C)n[nH]1. The largest absolute Gasteiger partial charge is 0.319 e. The Kier molecular flexibility index (Phi) is 4.31. The van der Waals surface area contributed by atoms with Gasteiger partial charge in [0.15, 0.2) is 0 Å². The molecule has 5 nitrogen and oxygen atoms in total. The number of H-pyrrole nitrogens is 1. The lowest BCUT2D eigenvalue weighted by atomic mass is 10.2. The van der Waals surface area contributed by atoms with Crippen molar-refractivity contribution >= 4 is 27.5 Å². The number of carbonyl (C=O) groups excluding carboxylic acids is 1. The van der Waals surface area contributed by atoms with Crippen LogP contribution in [0.1, 0.15) is 35.4 Å². The Morgan fingerprint density at radius 1 is 1.47 bits per heavy atom. The van der Waals surface area contributed by atoms with Gasteiger partial charge >= 0.3 is 0 Å². The first kappa shape index (κ1) is 13.7. The van der Waals surface area contributed by atoms with Crippen LogP contribution in [0.4, 0.5) is 5.69 Å². The van der Waals surface area contributed by atoms with Gasteiger partial charge < -0.3 is 5.32 Å². The third-order valence-corrected chi connectivity index (χ3v) is 3.60. The van der Waals surface area contributed by atoms with Crippen molar-refractivity contribution in [1.82, 2.24) is 15.2 Å². The van der Waals surface area contributed by atoms with Gasteiger partial charge in [-0.3, -0.25) is 9.89 Å². The lowest BCUT2D eigenvalue weighted by Crippen LogP contribution is -2.14. The van der Waals surface area contributed by atoms with Crippen LogP contribution in [0.3, 0.4) is 0 Å². The number of nitrogens with zero attached hydrogens (tertiary/aromatic N) is 2. The maximum atomic E-state index is 12.0. The number of amides is 1. The molecule has 0 bridgehead atoms. The van der Waals surface area contributed by atoms with E-state index in [-0.39, 0.29) is 11.7 Å². The lowest BCUT2D eigenvalue weighted by Gasteiger charge is -2.07. The maximum Gasteiger partial charge on any atom is 0.295 e. The molecule has 0 radical (unpaired) electrons. The summed E-state index contributed by atoms with van der Waals surface area (Å²) in [5.74, 6) is 0.598. The Hall–Kier alpha value is -1.69. The molecule has 2 rings (SSSR count). The number of hydrogen-bond acceptors (Lipinski definition) is 3. The second-order valence-electron chi connectivity index (χ2n) is 4.22. The van der Waals surface area contributed by atoms with E-state index < -0.39 is 0 Å². The third-order valence-electron chi connectivity index (χ3n) is 2.74. The average Bonchev–Trinajstić information content (AvgIpc) is 2.84. The number of nitrogens with one attached hydrogen (secondary N) is 2. The highest BCUT2D eigenvalue weighted by molar-refractivity contribution is 9.10. The maximum absolute atomic E-state index is 12.0. The van der Waals surface area contributed by atoms with Gasteiger partial charge in [-0.05, 0) is 31.0 Å². The molecule has 1 heterocycles. The highest BCUT2D eigenvalue weighted by Gasteiger charge is 2.13. The third kappa shape index (κ3) is 3.20. The fourth-order valence-electron chi connectivity index (χ4n) is 1.67. The topological polar surface area (TPSA) is 70.7 Å². The van der Waals surface area contributed by atoms with Crippen molar-refractivity contribution in [2.75, 3.05) is 5.32 Å². The zero-order valence-corrected chi connectivity index (χ0v) is 12.4. The van der Waals surface area contributed by atoms with Crippen LogP contribution in [0, 0.1) is 6.92 Å². The number of halogens is 1. The van der Waals surface area contributed by atoms with Gasteiger partial charge in [0.1, 0.15) is 5.82 Å². The van der Waals surface area contributed by atoms with E-state index in [1.54, 1.807) is 0 Å². The number of aromatic amines is 1. The van der Waals surface area contributed by atoms with Crippen molar-refractivity contribution in [3.63, 3.8) is 0 Å². The molecule has 0 aliphatic rings. The summed E-state index contributed by atoms with van der Waals surface area (Å²) in [5.41, 5.74) is 1.72. The Morgan fingerprint density at radius 3 is 3.00 bits per heavy atom. The van der Waals surface area contributed by atoms with E-state index in [0.717, 1.165) is 34.4 Å². The van der Waals surface area contributed by atoms with E-state index in [2.05, 4.69) is 36.4 Å². The molecule has 0 aliphatic carbocycles. The molecule has 0 aliphatic heterocycles. The molecule has 0 fully saturated rings. The van der Waals surface area contributed by atoms with Crippen molar-refractivity contribution in [3.8, 4) is 0 Å². The summed E-state index contributed by atoms with van der Waals surface area (Å²) >= 11 is 3.43. The Labute approximate surface area is 120 Å². The predicted octanol–water partition coefficient (Wildman–Crippen LogP) is 3.08. The van der Waals surface area contributed by atoms with E-state index in [9.17, 15) is 4.79 Å². The number of rotatable bonds is 4. The van der Waals surface area contributed by atoms with Crippen molar-refractivity contribution in [2.45, 2.75) is 26.7 Å². The van der Waals surface area contributed by atoms with E-state index >= 15 is 0 Å². The monoisotopic (exact) mass is 322 g/mol. The summed E-state index contributed by atoms with van der Waals surface area (Å²) < 4.78 is 0.951. The number of aromatic nitrogens is 3. The molecular weight excluding hydrogens is 308 g/mol. The van der Waals surface area contributed by atoms with Gasteiger partial charge in [-0.15, -0.1) is 5.10 Å². The molecular formula is C13H15BrN4O. The van der Waals surface area contributed by atoms with E-state index in [1.165, 1.54) is 0 Å². The number of benzene rings is 1. The zero-order chi connectivity index (χ0) is 13.8. The van der Waals surface area contributed by atoms with Gasteiger partial charge in [-0.1, -0.05) is 28.9 Å². The summed E-state index contributed by atoms with van der Waals surface area (Å²) in [5, 5.41) is 9.50. The van der Waals surface area contributed by atoms with Crippen molar-refractivity contribution in [2.24, 2.45) is 0 Å². The van der Waals surface area contributed by atoms with Crippen LogP contribution >= 0.6 is 15.9 Å². The smallest absolute Gasteiger partial charge is 0.295 e. The Balaban J connectivity index is 2.14. The minimum Gasteiger partial charge on any atom is -0.319 e. The first-order valence-corrected chi connectivity index (χ1v) is 6.89. The van der Waals surface area contributed by atoms with Gasteiger partial charge in [-0.2, -0.15) is 0 Å². The molecule has 0 unspecified atom stereocenters.